The van der Waals surface area contributed by atoms with Crippen LogP contribution in [0.1, 0.15) is 41.0 Å². The Balaban J connectivity index is 4.66. The Kier molecular flexibility index (Phi) is 4.69. The second-order valence-electron chi connectivity index (χ2n) is 4.61. The SMILES string of the molecule is C=C/C(NC(=C)C(C)(C)C)=C(\C)CC. The summed E-state index contributed by atoms with van der Waals surface area (Å²) in [5, 5.41) is 3.32. The summed E-state index contributed by atoms with van der Waals surface area (Å²) < 4.78 is 0. The molecule has 0 aromatic rings. The van der Waals surface area contributed by atoms with Gasteiger partial charge in [0.2, 0.25) is 0 Å². The van der Waals surface area contributed by atoms with Crippen LogP contribution in [0, 0.1) is 5.41 Å². The fourth-order valence-corrected chi connectivity index (χ4v) is 0.872. The van der Waals surface area contributed by atoms with Crippen LogP contribution in [0.3, 0.4) is 0 Å². The van der Waals surface area contributed by atoms with Crippen LogP contribution in [-0.2, 0) is 0 Å². The minimum atomic E-state index is 0.0856. The van der Waals surface area contributed by atoms with Gasteiger partial charge in [0, 0.05) is 16.8 Å². The van der Waals surface area contributed by atoms with Crippen LogP contribution in [0.4, 0.5) is 0 Å². The summed E-state index contributed by atoms with van der Waals surface area (Å²) in [5.41, 5.74) is 3.51. The number of rotatable bonds is 4. The normalized spacial score (nSPS) is 13.2. The Bertz CT molecular complexity index is 251. The molecular weight excluding hydrogens is 170 g/mol. The van der Waals surface area contributed by atoms with E-state index in [2.05, 4.69) is 53.1 Å². The smallest absolute Gasteiger partial charge is 0.0364 e. The average Bonchev–Trinajstić information content (AvgIpc) is 2.10. The van der Waals surface area contributed by atoms with Gasteiger partial charge in [-0.25, -0.2) is 0 Å². The highest BCUT2D eigenvalue weighted by Gasteiger charge is 2.15. The largest absolute Gasteiger partial charge is 0.359 e. The Morgan fingerprint density at radius 2 is 1.86 bits per heavy atom. The van der Waals surface area contributed by atoms with E-state index in [9.17, 15) is 0 Å². The molecule has 0 aromatic carbocycles. The summed E-state index contributed by atoms with van der Waals surface area (Å²) in [7, 11) is 0. The summed E-state index contributed by atoms with van der Waals surface area (Å²) >= 11 is 0. The first-order chi connectivity index (χ1) is 6.32. The maximum atomic E-state index is 4.04. The van der Waals surface area contributed by atoms with Crippen LogP contribution in [-0.4, -0.2) is 0 Å². The molecule has 0 spiro atoms. The number of hydrogen-bond acceptors (Lipinski definition) is 1. The minimum absolute atomic E-state index is 0.0856. The van der Waals surface area contributed by atoms with Crippen molar-refractivity contribution < 1.29 is 0 Å². The van der Waals surface area contributed by atoms with E-state index in [1.807, 2.05) is 6.08 Å². The van der Waals surface area contributed by atoms with Crippen LogP contribution in [0.15, 0.2) is 36.2 Å². The Hall–Kier alpha value is -0.980. The van der Waals surface area contributed by atoms with Gasteiger partial charge in [-0.05, 0) is 19.4 Å². The van der Waals surface area contributed by atoms with Gasteiger partial charge in [0.1, 0.15) is 0 Å². The molecule has 0 heterocycles. The third-order valence-electron chi connectivity index (χ3n) is 2.39. The van der Waals surface area contributed by atoms with Crippen LogP contribution >= 0.6 is 0 Å². The van der Waals surface area contributed by atoms with Crippen molar-refractivity contribution >= 4 is 0 Å². The van der Waals surface area contributed by atoms with Crippen LogP contribution in [0.2, 0.25) is 0 Å². The molecule has 0 radical (unpaired) electrons. The second kappa shape index (κ2) is 5.04. The van der Waals surface area contributed by atoms with Gasteiger partial charge in [-0.1, -0.05) is 46.4 Å². The topological polar surface area (TPSA) is 12.0 Å². The standard InChI is InChI=1S/C13H23N/c1-8-10(3)12(9-2)14-11(4)13(5,6)7/h9,14H,2,4,8H2,1,3,5-7H3/b12-10-. The second-order valence-corrected chi connectivity index (χ2v) is 4.61. The predicted molar refractivity (Wildman–Crippen MR) is 64.9 cm³/mol. The number of nitrogens with one attached hydrogen (secondary N) is 1. The third-order valence-corrected chi connectivity index (χ3v) is 2.39. The molecule has 1 heteroatoms. The maximum absolute atomic E-state index is 4.04. The van der Waals surface area contributed by atoms with E-state index in [1.165, 1.54) is 5.57 Å². The predicted octanol–water partition coefficient (Wildman–Crippen LogP) is 4.01. The lowest BCUT2D eigenvalue weighted by atomic mass is 9.92. The van der Waals surface area contributed by atoms with E-state index in [4.69, 9.17) is 0 Å². The van der Waals surface area contributed by atoms with Crippen molar-refractivity contribution in [3.63, 3.8) is 0 Å². The molecule has 14 heavy (non-hydrogen) atoms. The lowest BCUT2D eigenvalue weighted by molar-refractivity contribution is 0.477. The summed E-state index contributed by atoms with van der Waals surface area (Å²) in [6.45, 7) is 18.5. The van der Waals surface area contributed by atoms with Crippen LogP contribution in [0.25, 0.3) is 0 Å². The first kappa shape index (κ1) is 13.0. The van der Waals surface area contributed by atoms with Crippen molar-refractivity contribution in [1.82, 2.24) is 5.32 Å². The van der Waals surface area contributed by atoms with Crippen molar-refractivity contribution in [3.8, 4) is 0 Å². The van der Waals surface area contributed by atoms with Gasteiger partial charge in [0.05, 0.1) is 0 Å². The van der Waals surface area contributed by atoms with Crippen LogP contribution < -0.4 is 5.32 Å². The molecule has 0 rings (SSSR count). The monoisotopic (exact) mass is 193 g/mol. The molecule has 0 atom stereocenters. The highest BCUT2D eigenvalue weighted by molar-refractivity contribution is 5.26. The molecule has 0 bridgehead atoms. The minimum Gasteiger partial charge on any atom is -0.359 e. The summed E-state index contributed by atoms with van der Waals surface area (Å²) in [6.07, 6.45) is 2.89. The van der Waals surface area contributed by atoms with Crippen molar-refractivity contribution in [2.24, 2.45) is 5.41 Å². The van der Waals surface area contributed by atoms with Gasteiger partial charge in [-0.2, -0.15) is 0 Å². The molecule has 0 saturated carbocycles. The van der Waals surface area contributed by atoms with Crippen LogP contribution in [0.5, 0.6) is 0 Å². The molecule has 0 saturated heterocycles. The van der Waals surface area contributed by atoms with Gasteiger partial charge < -0.3 is 5.32 Å². The van der Waals surface area contributed by atoms with Crippen molar-refractivity contribution in [1.29, 1.82) is 0 Å². The van der Waals surface area contributed by atoms with E-state index < -0.39 is 0 Å². The van der Waals surface area contributed by atoms with E-state index in [-0.39, 0.29) is 5.41 Å². The quantitative estimate of drug-likeness (QED) is 0.665. The molecule has 0 fully saturated rings. The van der Waals surface area contributed by atoms with Crippen molar-refractivity contribution in [2.75, 3.05) is 0 Å². The Morgan fingerprint density at radius 1 is 1.36 bits per heavy atom. The van der Waals surface area contributed by atoms with Crippen molar-refractivity contribution in [3.05, 3.63) is 36.2 Å². The number of allylic oxidation sites excluding steroid dienone is 3. The van der Waals surface area contributed by atoms with Gasteiger partial charge in [0.25, 0.3) is 0 Å². The van der Waals surface area contributed by atoms with E-state index in [0.29, 0.717) is 0 Å². The highest BCUT2D eigenvalue weighted by atomic mass is 14.9. The Morgan fingerprint density at radius 3 is 2.14 bits per heavy atom. The summed E-state index contributed by atoms with van der Waals surface area (Å²) in [5.74, 6) is 0. The van der Waals surface area contributed by atoms with Gasteiger partial charge in [0.15, 0.2) is 0 Å². The third kappa shape index (κ3) is 3.82. The molecule has 0 aliphatic carbocycles. The fraction of sp³-hybridized carbons (Fsp3) is 0.538. The lowest BCUT2D eigenvalue weighted by Gasteiger charge is -2.24. The van der Waals surface area contributed by atoms with Gasteiger partial charge >= 0.3 is 0 Å². The molecule has 1 nitrogen and oxygen atoms in total. The molecular formula is C13H23N. The molecule has 0 aliphatic heterocycles. The lowest BCUT2D eigenvalue weighted by Crippen LogP contribution is -2.23. The zero-order valence-electron chi connectivity index (χ0n) is 10.2. The molecule has 80 valence electrons. The number of hydrogen-bond donors (Lipinski definition) is 1. The zero-order valence-corrected chi connectivity index (χ0v) is 10.2. The highest BCUT2D eigenvalue weighted by Crippen LogP contribution is 2.22. The molecule has 0 amide bonds. The fourth-order valence-electron chi connectivity index (χ4n) is 0.872. The average molecular weight is 193 g/mol. The molecule has 0 aromatic heterocycles. The molecule has 1 N–H and O–H groups in total. The molecule has 0 aliphatic rings. The first-order valence-electron chi connectivity index (χ1n) is 5.11. The van der Waals surface area contributed by atoms with Gasteiger partial charge in [-0.3, -0.25) is 0 Å². The van der Waals surface area contributed by atoms with Crippen molar-refractivity contribution in [2.45, 2.75) is 41.0 Å². The van der Waals surface area contributed by atoms with Gasteiger partial charge in [-0.15, -0.1) is 0 Å². The van der Waals surface area contributed by atoms with E-state index in [1.54, 1.807) is 0 Å². The maximum Gasteiger partial charge on any atom is 0.0364 e. The van der Waals surface area contributed by atoms with E-state index in [0.717, 1.165) is 17.8 Å². The first-order valence-corrected chi connectivity index (χ1v) is 5.11. The zero-order chi connectivity index (χ0) is 11.4. The molecule has 0 unspecified atom stereocenters. The Labute approximate surface area is 88.6 Å². The summed E-state index contributed by atoms with van der Waals surface area (Å²) in [6, 6.07) is 0. The van der Waals surface area contributed by atoms with E-state index >= 15 is 0 Å². The summed E-state index contributed by atoms with van der Waals surface area (Å²) in [4.78, 5) is 0.